The van der Waals surface area contributed by atoms with E-state index in [-0.39, 0.29) is 30.0 Å². The molecule has 0 aliphatic rings. The summed E-state index contributed by atoms with van der Waals surface area (Å²) >= 11 is 6.16. The summed E-state index contributed by atoms with van der Waals surface area (Å²) in [6.45, 7) is 3.72. The van der Waals surface area contributed by atoms with Gasteiger partial charge in [0.1, 0.15) is 18.7 Å². The van der Waals surface area contributed by atoms with Crippen LogP contribution in [0.4, 0.5) is 15.8 Å². The van der Waals surface area contributed by atoms with Gasteiger partial charge in [0, 0.05) is 7.05 Å². The fourth-order valence-corrected chi connectivity index (χ4v) is 2.75. The first-order valence-electron chi connectivity index (χ1n) is 8.32. The number of nitrogens with one attached hydrogen (secondary N) is 2. The van der Waals surface area contributed by atoms with E-state index in [0.29, 0.717) is 16.2 Å². The fourth-order valence-electron chi connectivity index (χ4n) is 2.57. The Labute approximate surface area is 165 Å². The monoisotopic (exact) mass is 404 g/mol. The largest absolute Gasteiger partial charge is 0.499 e. The molecule has 0 atom stereocenters. The molecule has 0 saturated heterocycles. The zero-order chi connectivity index (χ0) is 20.1. The summed E-state index contributed by atoms with van der Waals surface area (Å²) < 4.78 is 21.7. The number of hydroxylamine groups is 1. The van der Waals surface area contributed by atoms with Crippen molar-refractivity contribution in [2.75, 3.05) is 18.5 Å². The van der Waals surface area contributed by atoms with E-state index in [2.05, 4.69) is 22.4 Å². The number of amides is 1. The Morgan fingerprint density at radius 3 is 2.93 bits per heavy atom. The molecule has 9 heteroatoms. The van der Waals surface area contributed by atoms with Crippen LogP contribution in [0.1, 0.15) is 10.4 Å². The number of hydrogen-bond donors (Lipinski definition) is 2. The standard InChI is InChI=1S/C19H18ClFN4O3/c1-3-27-8-9-28-24-19(26)12-10-15-18(22-11-25(15)2)16(21)17(12)23-14-7-5-4-6-13(14)20/h3-7,10-11,23H,1,8-9H2,2H3,(H,24,26). The molecule has 0 spiro atoms. The number of benzene rings is 2. The number of aryl methyl sites for hydroxylation is 1. The van der Waals surface area contributed by atoms with Gasteiger partial charge in [-0.05, 0) is 18.2 Å². The lowest BCUT2D eigenvalue weighted by Crippen LogP contribution is -2.26. The molecule has 0 radical (unpaired) electrons. The van der Waals surface area contributed by atoms with Crippen molar-refractivity contribution in [1.82, 2.24) is 15.0 Å². The first kappa shape index (κ1) is 19.7. The van der Waals surface area contributed by atoms with E-state index in [0.717, 1.165) is 0 Å². The lowest BCUT2D eigenvalue weighted by molar-refractivity contribution is 0.0145. The number of anilines is 2. The minimum Gasteiger partial charge on any atom is -0.499 e. The van der Waals surface area contributed by atoms with Crippen LogP contribution in [-0.4, -0.2) is 28.7 Å². The maximum atomic E-state index is 15.2. The van der Waals surface area contributed by atoms with Gasteiger partial charge in [0.05, 0.1) is 40.1 Å². The third-order valence-electron chi connectivity index (χ3n) is 3.92. The van der Waals surface area contributed by atoms with E-state index in [1.54, 1.807) is 35.9 Å². The molecule has 0 aliphatic carbocycles. The topological polar surface area (TPSA) is 77.4 Å². The SMILES string of the molecule is C=COCCONC(=O)c1cc2c(ncn2C)c(F)c1Nc1ccccc1Cl. The maximum Gasteiger partial charge on any atom is 0.277 e. The highest BCUT2D eigenvalue weighted by Gasteiger charge is 2.22. The molecular weight excluding hydrogens is 387 g/mol. The number of nitrogens with zero attached hydrogens (tertiary/aromatic N) is 2. The van der Waals surface area contributed by atoms with E-state index in [4.69, 9.17) is 21.2 Å². The van der Waals surface area contributed by atoms with E-state index < -0.39 is 11.7 Å². The summed E-state index contributed by atoms with van der Waals surface area (Å²) in [4.78, 5) is 21.8. The van der Waals surface area contributed by atoms with Crippen molar-refractivity contribution in [2.24, 2.45) is 7.05 Å². The van der Waals surface area contributed by atoms with Gasteiger partial charge in [-0.15, -0.1) is 0 Å². The quantitative estimate of drug-likeness (QED) is 0.338. The number of imidazole rings is 1. The van der Waals surface area contributed by atoms with Crippen molar-refractivity contribution in [3.8, 4) is 0 Å². The van der Waals surface area contributed by atoms with Crippen LogP contribution in [0, 0.1) is 5.82 Å². The number of rotatable bonds is 8. The first-order chi connectivity index (χ1) is 13.5. The summed E-state index contributed by atoms with van der Waals surface area (Å²) in [5.74, 6) is -1.30. The molecule has 2 N–H and O–H groups in total. The second-order valence-corrected chi connectivity index (χ2v) is 6.17. The normalized spacial score (nSPS) is 10.7. The molecular formula is C19H18ClFN4O3. The van der Waals surface area contributed by atoms with Crippen LogP contribution in [-0.2, 0) is 16.6 Å². The molecule has 0 bridgehead atoms. The van der Waals surface area contributed by atoms with Crippen LogP contribution < -0.4 is 10.8 Å². The number of halogens is 2. The molecule has 1 aromatic heterocycles. The molecule has 0 fully saturated rings. The van der Waals surface area contributed by atoms with Gasteiger partial charge in [-0.2, -0.15) is 0 Å². The predicted octanol–water partition coefficient (Wildman–Crippen LogP) is 3.93. The molecule has 0 saturated carbocycles. The number of carbonyl (C=O) groups excluding carboxylic acids is 1. The molecule has 3 rings (SSSR count). The van der Waals surface area contributed by atoms with Crippen LogP contribution in [0.25, 0.3) is 11.0 Å². The summed E-state index contributed by atoms with van der Waals surface area (Å²) in [6.07, 6.45) is 2.74. The van der Waals surface area contributed by atoms with Gasteiger partial charge in [0.15, 0.2) is 5.82 Å². The Bertz CT molecular complexity index is 1020. The predicted molar refractivity (Wildman–Crippen MR) is 105 cm³/mol. The highest BCUT2D eigenvalue weighted by molar-refractivity contribution is 6.33. The van der Waals surface area contributed by atoms with Crippen LogP contribution in [0.15, 0.2) is 49.5 Å². The molecule has 146 valence electrons. The second kappa shape index (κ2) is 8.73. The smallest absolute Gasteiger partial charge is 0.277 e. The average Bonchev–Trinajstić information content (AvgIpc) is 3.06. The lowest BCUT2D eigenvalue weighted by Gasteiger charge is -2.15. The van der Waals surface area contributed by atoms with Crippen molar-refractivity contribution in [2.45, 2.75) is 0 Å². The minimum absolute atomic E-state index is 0.0400. The van der Waals surface area contributed by atoms with E-state index in [1.807, 2.05) is 0 Å². The highest BCUT2D eigenvalue weighted by atomic mass is 35.5. The summed E-state index contributed by atoms with van der Waals surface area (Å²) in [5, 5.41) is 3.27. The van der Waals surface area contributed by atoms with Crippen LogP contribution in [0.5, 0.6) is 0 Å². The molecule has 1 amide bonds. The molecule has 1 heterocycles. The first-order valence-corrected chi connectivity index (χ1v) is 8.70. The van der Waals surface area contributed by atoms with E-state index in [9.17, 15) is 4.79 Å². The summed E-state index contributed by atoms with van der Waals surface area (Å²) in [6, 6.07) is 8.36. The van der Waals surface area contributed by atoms with Gasteiger partial charge in [-0.25, -0.2) is 14.9 Å². The second-order valence-electron chi connectivity index (χ2n) is 5.76. The van der Waals surface area contributed by atoms with Gasteiger partial charge in [0.25, 0.3) is 5.91 Å². The summed E-state index contributed by atoms with van der Waals surface area (Å²) in [5.41, 5.74) is 3.31. The number of hydrogen-bond acceptors (Lipinski definition) is 5. The Balaban J connectivity index is 1.96. The van der Waals surface area contributed by atoms with Crippen LogP contribution in [0.2, 0.25) is 5.02 Å². The van der Waals surface area contributed by atoms with Gasteiger partial charge >= 0.3 is 0 Å². The Morgan fingerprint density at radius 1 is 1.39 bits per heavy atom. The summed E-state index contributed by atoms with van der Waals surface area (Å²) in [7, 11) is 1.71. The maximum absolute atomic E-state index is 15.2. The minimum atomic E-state index is -0.668. The third kappa shape index (κ3) is 4.08. The number of aromatic nitrogens is 2. The van der Waals surface area contributed by atoms with Crippen molar-refractivity contribution >= 4 is 39.9 Å². The molecule has 7 nitrogen and oxygen atoms in total. The van der Waals surface area contributed by atoms with Gasteiger partial charge in [0.2, 0.25) is 0 Å². The number of para-hydroxylation sites is 1. The fraction of sp³-hybridized carbons (Fsp3) is 0.158. The van der Waals surface area contributed by atoms with Crippen molar-refractivity contribution < 1.29 is 18.8 Å². The molecule has 3 aromatic rings. The van der Waals surface area contributed by atoms with E-state index in [1.165, 1.54) is 18.7 Å². The van der Waals surface area contributed by atoms with Crippen LogP contribution in [0.3, 0.4) is 0 Å². The average molecular weight is 405 g/mol. The van der Waals surface area contributed by atoms with Gasteiger partial charge in [-0.3, -0.25) is 9.63 Å². The third-order valence-corrected chi connectivity index (χ3v) is 4.25. The Kier molecular flexibility index (Phi) is 6.13. The molecule has 0 unspecified atom stereocenters. The number of ether oxygens (including phenoxy) is 1. The zero-order valence-corrected chi connectivity index (χ0v) is 15.8. The van der Waals surface area contributed by atoms with E-state index >= 15 is 4.39 Å². The number of carbonyl (C=O) groups is 1. The zero-order valence-electron chi connectivity index (χ0n) is 15.0. The highest BCUT2D eigenvalue weighted by Crippen LogP contribution is 2.32. The van der Waals surface area contributed by atoms with Gasteiger partial charge < -0.3 is 14.6 Å². The molecule has 28 heavy (non-hydrogen) atoms. The lowest BCUT2D eigenvalue weighted by atomic mass is 10.1. The molecule has 2 aromatic carbocycles. The van der Waals surface area contributed by atoms with Crippen molar-refractivity contribution in [3.63, 3.8) is 0 Å². The van der Waals surface area contributed by atoms with Crippen molar-refractivity contribution in [3.05, 3.63) is 65.9 Å². The molecule has 0 aliphatic heterocycles. The van der Waals surface area contributed by atoms with Crippen molar-refractivity contribution in [1.29, 1.82) is 0 Å². The number of fused-ring (bicyclic) bond motifs is 1. The van der Waals surface area contributed by atoms with Crippen LogP contribution >= 0.6 is 11.6 Å². The van der Waals surface area contributed by atoms with Gasteiger partial charge in [-0.1, -0.05) is 30.3 Å². The Morgan fingerprint density at radius 2 is 2.18 bits per heavy atom. The Hall–Kier alpha value is -3.10.